The van der Waals surface area contributed by atoms with Crippen molar-refractivity contribution in [3.05, 3.63) is 0 Å². The Morgan fingerprint density at radius 1 is 1.07 bits per heavy atom. The molecule has 2 aliphatic rings. The number of aliphatic imine (C=N–C) groups is 1. The highest BCUT2D eigenvalue weighted by atomic mass is 16.6. The van der Waals surface area contributed by atoms with Gasteiger partial charge in [0.15, 0.2) is 5.96 Å². The fourth-order valence-corrected chi connectivity index (χ4v) is 3.60. The molecular weight excluding hydrogens is 354 g/mol. The van der Waals surface area contributed by atoms with Gasteiger partial charge < -0.3 is 25.2 Å². The van der Waals surface area contributed by atoms with Crippen LogP contribution in [0.25, 0.3) is 0 Å². The van der Waals surface area contributed by atoms with E-state index in [0.29, 0.717) is 38.1 Å². The number of amides is 1. The largest absolute Gasteiger partial charge is 0.444 e. The highest BCUT2D eigenvalue weighted by Crippen LogP contribution is 2.18. The molecule has 162 valence electrons. The van der Waals surface area contributed by atoms with Crippen LogP contribution < -0.4 is 5.73 Å². The van der Waals surface area contributed by atoms with E-state index in [-0.39, 0.29) is 6.09 Å². The van der Waals surface area contributed by atoms with Crippen molar-refractivity contribution < 1.29 is 9.53 Å². The van der Waals surface area contributed by atoms with Crippen molar-refractivity contribution in [2.75, 3.05) is 52.4 Å². The van der Waals surface area contributed by atoms with Crippen LogP contribution in [0, 0.1) is 11.8 Å². The predicted octanol–water partition coefficient (Wildman–Crippen LogP) is 2.61. The lowest BCUT2D eigenvalue weighted by atomic mass is 9.96. The number of likely N-dealkylation sites (tertiary alicyclic amines) is 1. The van der Waals surface area contributed by atoms with Gasteiger partial charge in [-0.3, -0.25) is 4.99 Å². The average Bonchev–Trinajstić information content (AvgIpc) is 2.64. The molecule has 7 nitrogen and oxygen atoms in total. The van der Waals surface area contributed by atoms with Crippen LogP contribution >= 0.6 is 0 Å². The number of ether oxygens (including phenoxy) is 1. The van der Waals surface area contributed by atoms with E-state index in [0.717, 1.165) is 12.5 Å². The Kier molecular flexibility index (Phi) is 8.40. The first-order valence-electron chi connectivity index (χ1n) is 10.9. The first-order chi connectivity index (χ1) is 13.1. The number of rotatable bonds is 5. The maximum atomic E-state index is 12.2. The van der Waals surface area contributed by atoms with Gasteiger partial charge in [-0.25, -0.2) is 4.79 Å². The Morgan fingerprint density at radius 2 is 1.64 bits per heavy atom. The number of guanidine groups is 1. The quantitative estimate of drug-likeness (QED) is 0.572. The summed E-state index contributed by atoms with van der Waals surface area (Å²) in [5, 5.41) is 0. The third-order valence-corrected chi connectivity index (χ3v) is 5.50. The Balaban J connectivity index is 1.69. The minimum absolute atomic E-state index is 0.244. The van der Waals surface area contributed by atoms with E-state index in [1.165, 1.54) is 38.9 Å². The van der Waals surface area contributed by atoms with Gasteiger partial charge in [0.1, 0.15) is 5.60 Å². The highest BCUT2D eigenvalue weighted by molar-refractivity contribution is 5.78. The zero-order valence-electron chi connectivity index (χ0n) is 18.6. The van der Waals surface area contributed by atoms with E-state index >= 15 is 0 Å². The molecule has 0 aromatic carbocycles. The van der Waals surface area contributed by atoms with Gasteiger partial charge in [0, 0.05) is 32.7 Å². The minimum atomic E-state index is -0.459. The number of piperidine rings is 1. The zero-order valence-corrected chi connectivity index (χ0v) is 18.6. The molecule has 2 aliphatic heterocycles. The second-order valence-corrected chi connectivity index (χ2v) is 9.62. The number of carbonyl (C=O) groups is 1. The Morgan fingerprint density at radius 3 is 2.18 bits per heavy atom. The van der Waals surface area contributed by atoms with E-state index in [9.17, 15) is 4.79 Å². The van der Waals surface area contributed by atoms with E-state index < -0.39 is 5.60 Å². The van der Waals surface area contributed by atoms with Crippen molar-refractivity contribution in [1.29, 1.82) is 0 Å². The molecule has 2 fully saturated rings. The molecule has 0 unspecified atom stereocenters. The molecule has 1 amide bonds. The first kappa shape index (κ1) is 22.8. The van der Waals surface area contributed by atoms with Gasteiger partial charge in [-0.1, -0.05) is 13.8 Å². The van der Waals surface area contributed by atoms with Crippen LogP contribution in [0.4, 0.5) is 4.79 Å². The summed E-state index contributed by atoms with van der Waals surface area (Å²) in [6.07, 6.45) is 3.46. The van der Waals surface area contributed by atoms with E-state index in [2.05, 4.69) is 28.6 Å². The van der Waals surface area contributed by atoms with Crippen molar-refractivity contribution >= 4 is 12.1 Å². The number of nitrogens with two attached hydrogens (primary N) is 1. The van der Waals surface area contributed by atoms with E-state index in [1.807, 2.05) is 20.8 Å². The Bertz CT molecular complexity index is 513. The van der Waals surface area contributed by atoms with Gasteiger partial charge >= 0.3 is 6.09 Å². The van der Waals surface area contributed by atoms with Crippen LogP contribution in [0.15, 0.2) is 4.99 Å². The number of carbonyl (C=O) groups excluding carboxylic acids is 1. The molecule has 28 heavy (non-hydrogen) atoms. The third-order valence-electron chi connectivity index (χ3n) is 5.50. The molecule has 7 heteroatoms. The molecule has 0 bridgehead atoms. The molecule has 0 aromatic rings. The van der Waals surface area contributed by atoms with Gasteiger partial charge in [-0.2, -0.15) is 0 Å². The molecule has 2 rings (SSSR count). The zero-order chi connectivity index (χ0) is 20.7. The smallest absolute Gasteiger partial charge is 0.410 e. The molecule has 0 saturated carbocycles. The summed E-state index contributed by atoms with van der Waals surface area (Å²) >= 11 is 0. The molecule has 0 atom stereocenters. The topological polar surface area (TPSA) is 74.4 Å². The standard InChI is InChI=1S/C21H41N5O2/c1-17(2)6-9-24-10-7-18(8-11-24)16-23-19(22)25-12-14-26(15-13-25)20(27)28-21(3,4)5/h17-18H,6-16H2,1-5H3,(H2,22,23). The number of nitrogens with zero attached hydrogens (tertiary/aromatic N) is 4. The molecule has 0 radical (unpaired) electrons. The van der Waals surface area contributed by atoms with Crippen molar-refractivity contribution in [3.8, 4) is 0 Å². The van der Waals surface area contributed by atoms with E-state index in [1.54, 1.807) is 4.90 Å². The lowest BCUT2D eigenvalue weighted by Crippen LogP contribution is -2.53. The predicted molar refractivity (Wildman–Crippen MR) is 114 cm³/mol. The van der Waals surface area contributed by atoms with Gasteiger partial charge in [-0.05, 0) is 71.5 Å². The molecular formula is C21H41N5O2. The fraction of sp³-hybridized carbons (Fsp3) is 0.905. The van der Waals surface area contributed by atoms with Crippen molar-refractivity contribution in [2.45, 2.75) is 59.5 Å². The normalized spacial score (nSPS) is 20.7. The summed E-state index contributed by atoms with van der Waals surface area (Å²) in [5.41, 5.74) is 5.77. The van der Waals surface area contributed by atoms with Crippen molar-refractivity contribution in [3.63, 3.8) is 0 Å². The van der Waals surface area contributed by atoms with Crippen LogP contribution in [-0.2, 0) is 4.74 Å². The molecule has 0 spiro atoms. The fourth-order valence-electron chi connectivity index (χ4n) is 3.60. The molecule has 2 saturated heterocycles. The average molecular weight is 396 g/mol. The van der Waals surface area contributed by atoms with Crippen LogP contribution in [0.1, 0.15) is 53.9 Å². The summed E-state index contributed by atoms with van der Waals surface area (Å²) in [6.45, 7) is 17.3. The third kappa shape index (κ3) is 7.86. The van der Waals surface area contributed by atoms with Crippen molar-refractivity contribution in [1.82, 2.24) is 14.7 Å². The first-order valence-corrected chi connectivity index (χ1v) is 10.9. The molecule has 2 heterocycles. The minimum Gasteiger partial charge on any atom is -0.444 e. The Hall–Kier alpha value is -1.50. The summed E-state index contributed by atoms with van der Waals surface area (Å²) in [7, 11) is 0. The maximum absolute atomic E-state index is 12.2. The van der Waals surface area contributed by atoms with Gasteiger partial charge in [0.2, 0.25) is 0 Å². The summed E-state index contributed by atoms with van der Waals surface area (Å²) in [5.74, 6) is 2.03. The summed E-state index contributed by atoms with van der Waals surface area (Å²) < 4.78 is 5.44. The second-order valence-electron chi connectivity index (χ2n) is 9.62. The highest BCUT2D eigenvalue weighted by Gasteiger charge is 2.26. The van der Waals surface area contributed by atoms with Crippen LogP contribution in [0.3, 0.4) is 0 Å². The number of hydrogen-bond donors (Lipinski definition) is 1. The van der Waals surface area contributed by atoms with Crippen molar-refractivity contribution in [2.24, 2.45) is 22.6 Å². The monoisotopic (exact) mass is 395 g/mol. The SMILES string of the molecule is CC(C)CCN1CCC(CN=C(N)N2CCN(C(=O)OC(C)(C)C)CC2)CC1. The van der Waals surface area contributed by atoms with Gasteiger partial charge in [0.05, 0.1) is 0 Å². The Labute approximate surface area is 171 Å². The van der Waals surface area contributed by atoms with Crippen LogP contribution in [0.5, 0.6) is 0 Å². The number of piperazine rings is 1. The van der Waals surface area contributed by atoms with E-state index in [4.69, 9.17) is 10.5 Å². The summed E-state index contributed by atoms with van der Waals surface area (Å²) in [6, 6.07) is 0. The molecule has 2 N–H and O–H groups in total. The van der Waals surface area contributed by atoms with Crippen LogP contribution in [-0.4, -0.2) is 84.7 Å². The van der Waals surface area contributed by atoms with Gasteiger partial charge in [-0.15, -0.1) is 0 Å². The van der Waals surface area contributed by atoms with Crippen LogP contribution in [0.2, 0.25) is 0 Å². The molecule has 0 aliphatic carbocycles. The summed E-state index contributed by atoms with van der Waals surface area (Å²) in [4.78, 5) is 23.2. The van der Waals surface area contributed by atoms with Gasteiger partial charge in [0.25, 0.3) is 0 Å². The number of hydrogen-bond acceptors (Lipinski definition) is 4. The lowest BCUT2D eigenvalue weighted by molar-refractivity contribution is 0.0186. The second kappa shape index (κ2) is 10.3. The maximum Gasteiger partial charge on any atom is 0.410 e. The molecule has 0 aromatic heterocycles. The lowest BCUT2D eigenvalue weighted by Gasteiger charge is -2.36.